The van der Waals surface area contributed by atoms with Gasteiger partial charge in [0.05, 0.1) is 25.3 Å². The number of hydrogen-bond acceptors (Lipinski definition) is 7. The number of benzene rings is 3. The Morgan fingerprint density at radius 3 is 1.46 bits per heavy atom. The fraction of sp³-hybridized carbons (Fsp3) is 0.250. The normalized spacial score (nSPS) is 11.5. The molecular weight excluding hydrogens is 490 g/mol. The van der Waals surface area contributed by atoms with Crippen molar-refractivity contribution in [2.24, 2.45) is 0 Å². The minimum absolute atomic E-state index is 0.0546. The monoisotopic (exact) mass is 516 g/mol. The van der Waals surface area contributed by atoms with E-state index >= 15 is 0 Å². The molecule has 0 amide bonds. The quantitative estimate of drug-likeness (QED) is 0.226. The molecule has 0 radical (unpaired) electrons. The molecule has 7 nitrogen and oxygen atoms in total. The van der Waals surface area contributed by atoms with Gasteiger partial charge in [-0.3, -0.25) is 0 Å². The van der Waals surface area contributed by atoms with Crippen LogP contribution in [0.4, 0.5) is 13.2 Å². The maximum atomic E-state index is 13.9. The molecule has 0 aliphatic heterocycles. The largest absolute Gasteiger partial charge is 0.491 e. The van der Waals surface area contributed by atoms with Crippen molar-refractivity contribution in [2.75, 3.05) is 0 Å². The van der Waals surface area contributed by atoms with Crippen LogP contribution in [0.3, 0.4) is 0 Å². The second-order valence-electron chi connectivity index (χ2n) is 8.95. The SMILES string of the molecule is CC(C)(OB(O)c1ccc(F)cc1CO)B(OB(O)c1ccc(F)cc1CO)c1ccc(F)cc1CO. The molecule has 194 valence electrons. The summed E-state index contributed by atoms with van der Waals surface area (Å²) in [6.45, 7) is -0.0329. The van der Waals surface area contributed by atoms with Gasteiger partial charge in [-0.1, -0.05) is 18.2 Å². The van der Waals surface area contributed by atoms with Gasteiger partial charge in [-0.05, 0) is 83.3 Å². The zero-order chi connectivity index (χ0) is 27.3. The Balaban J connectivity index is 2.03. The first kappa shape index (κ1) is 28.9. The molecule has 0 aliphatic rings. The van der Waals surface area contributed by atoms with Crippen LogP contribution < -0.4 is 16.4 Å². The van der Waals surface area contributed by atoms with E-state index in [1.807, 2.05) is 0 Å². The van der Waals surface area contributed by atoms with Crippen LogP contribution >= 0.6 is 0 Å². The van der Waals surface area contributed by atoms with E-state index in [4.69, 9.17) is 9.23 Å². The summed E-state index contributed by atoms with van der Waals surface area (Å²) in [5.74, 6) is -1.89. The first-order valence-corrected chi connectivity index (χ1v) is 11.4. The van der Waals surface area contributed by atoms with E-state index in [9.17, 15) is 38.5 Å². The molecule has 0 saturated heterocycles. The van der Waals surface area contributed by atoms with Crippen LogP contribution in [-0.4, -0.2) is 52.0 Å². The Hall–Kier alpha value is -2.64. The number of hydrogen-bond donors (Lipinski definition) is 5. The predicted molar refractivity (Wildman–Crippen MR) is 134 cm³/mol. The highest BCUT2D eigenvalue weighted by molar-refractivity contribution is 6.79. The molecule has 3 rings (SSSR count). The molecule has 0 saturated carbocycles. The van der Waals surface area contributed by atoms with Gasteiger partial charge in [0, 0.05) is 0 Å². The summed E-state index contributed by atoms with van der Waals surface area (Å²) in [7, 11) is -3.42. The van der Waals surface area contributed by atoms with Gasteiger partial charge in [-0.15, -0.1) is 0 Å². The molecule has 0 aliphatic carbocycles. The smallest absolute Gasteiger partial charge is 0.465 e. The third kappa shape index (κ3) is 6.82. The van der Waals surface area contributed by atoms with E-state index in [-0.39, 0.29) is 33.1 Å². The van der Waals surface area contributed by atoms with Gasteiger partial charge in [0.25, 0.3) is 0 Å². The molecule has 0 aromatic heterocycles. The van der Waals surface area contributed by atoms with Crippen LogP contribution in [0.2, 0.25) is 0 Å². The predicted octanol–water partition coefficient (Wildman–Crippen LogP) is -0.0943. The fourth-order valence-electron chi connectivity index (χ4n) is 4.10. The van der Waals surface area contributed by atoms with Crippen molar-refractivity contribution in [2.45, 2.75) is 39.2 Å². The van der Waals surface area contributed by atoms with E-state index in [2.05, 4.69) is 0 Å². The van der Waals surface area contributed by atoms with Crippen molar-refractivity contribution >= 4 is 37.5 Å². The fourth-order valence-corrected chi connectivity index (χ4v) is 4.10. The first-order valence-electron chi connectivity index (χ1n) is 11.4. The van der Waals surface area contributed by atoms with Gasteiger partial charge in [0.2, 0.25) is 0 Å². The van der Waals surface area contributed by atoms with Crippen LogP contribution in [0.15, 0.2) is 54.6 Å². The molecule has 0 heterocycles. The van der Waals surface area contributed by atoms with Gasteiger partial charge in [-0.25, -0.2) is 13.2 Å². The van der Waals surface area contributed by atoms with Gasteiger partial charge in [-0.2, -0.15) is 0 Å². The second kappa shape index (κ2) is 12.3. The summed E-state index contributed by atoms with van der Waals surface area (Å²) in [4.78, 5) is 0. The Morgan fingerprint density at radius 1 is 0.649 bits per heavy atom. The highest BCUT2D eigenvalue weighted by Crippen LogP contribution is 2.20. The molecular formula is C24H26B3F3O7. The molecule has 0 bridgehead atoms. The Morgan fingerprint density at radius 2 is 1.03 bits per heavy atom. The second-order valence-corrected chi connectivity index (χ2v) is 8.95. The average Bonchev–Trinajstić information content (AvgIpc) is 2.86. The number of aliphatic hydroxyl groups is 3. The highest BCUT2D eigenvalue weighted by atomic mass is 19.1. The summed E-state index contributed by atoms with van der Waals surface area (Å²) < 4.78 is 53.0. The zero-order valence-corrected chi connectivity index (χ0v) is 20.2. The van der Waals surface area contributed by atoms with Crippen molar-refractivity contribution in [1.82, 2.24) is 0 Å². The number of aliphatic hydroxyl groups excluding tert-OH is 3. The minimum Gasteiger partial charge on any atom is -0.465 e. The van der Waals surface area contributed by atoms with E-state index in [1.165, 1.54) is 32.0 Å². The first-order chi connectivity index (χ1) is 17.5. The van der Waals surface area contributed by atoms with Crippen molar-refractivity contribution in [1.29, 1.82) is 0 Å². The lowest BCUT2D eigenvalue weighted by Gasteiger charge is -2.35. The minimum atomic E-state index is -1.73. The highest BCUT2D eigenvalue weighted by Gasteiger charge is 2.44. The van der Waals surface area contributed by atoms with Crippen molar-refractivity contribution in [3.8, 4) is 0 Å². The maximum Gasteiger partial charge on any atom is 0.491 e. The molecule has 5 N–H and O–H groups in total. The summed E-state index contributed by atoms with van der Waals surface area (Å²) in [5, 5.41) is 50.8. The van der Waals surface area contributed by atoms with Crippen molar-refractivity contribution in [3.63, 3.8) is 0 Å². The van der Waals surface area contributed by atoms with Crippen molar-refractivity contribution < 1.29 is 47.8 Å². The molecule has 13 heteroatoms. The van der Waals surface area contributed by atoms with E-state index in [1.54, 1.807) is 0 Å². The maximum absolute atomic E-state index is 13.9. The summed E-state index contributed by atoms with van der Waals surface area (Å²) in [6.07, 6.45) is 0. The Bertz CT molecular complexity index is 1230. The van der Waals surface area contributed by atoms with Gasteiger partial charge in [0.1, 0.15) is 17.5 Å². The molecule has 3 aromatic rings. The lowest BCUT2D eigenvalue weighted by atomic mass is 9.45. The third-order valence-electron chi connectivity index (χ3n) is 5.95. The lowest BCUT2D eigenvalue weighted by molar-refractivity contribution is 0.147. The molecule has 0 spiro atoms. The molecule has 0 unspecified atom stereocenters. The number of halogens is 3. The number of rotatable bonds is 11. The van der Waals surface area contributed by atoms with Crippen LogP contribution in [0.1, 0.15) is 30.5 Å². The van der Waals surface area contributed by atoms with E-state index < -0.39 is 63.9 Å². The van der Waals surface area contributed by atoms with E-state index in [0.717, 1.165) is 36.4 Å². The average molecular weight is 516 g/mol. The Kier molecular flexibility index (Phi) is 9.60. The van der Waals surface area contributed by atoms with Gasteiger partial charge in [0.15, 0.2) is 0 Å². The standard InChI is InChI=1S/C24H26B3F3O7/c1-24(2,36-26(34)22-7-4-19(29)10-16(22)13-32)25(21-6-3-18(28)9-15(21)12-31)37-27(35)23-8-5-20(30)11-17(23)14-33/h3-11,31-35H,12-14H2,1-2H3. The molecule has 0 fully saturated rings. The molecule has 0 atom stereocenters. The topological polar surface area (TPSA) is 120 Å². The zero-order valence-electron chi connectivity index (χ0n) is 20.2. The molecule has 3 aromatic carbocycles. The third-order valence-corrected chi connectivity index (χ3v) is 5.95. The Labute approximate surface area is 213 Å². The van der Waals surface area contributed by atoms with Crippen LogP contribution in [0, 0.1) is 17.5 Å². The van der Waals surface area contributed by atoms with Crippen LogP contribution in [0.25, 0.3) is 0 Å². The summed E-state index contributed by atoms with van der Waals surface area (Å²) >= 11 is 0. The van der Waals surface area contributed by atoms with Crippen molar-refractivity contribution in [3.05, 3.63) is 88.7 Å². The molecule has 37 heavy (non-hydrogen) atoms. The van der Waals surface area contributed by atoms with Gasteiger partial charge < -0.3 is 34.6 Å². The van der Waals surface area contributed by atoms with E-state index in [0.29, 0.717) is 0 Å². The summed E-state index contributed by atoms with van der Waals surface area (Å²) in [5.41, 5.74) is -0.902. The lowest BCUT2D eigenvalue weighted by Crippen LogP contribution is -2.61. The van der Waals surface area contributed by atoms with Gasteiger partial charge >= 0.3 is 21.2 Å². The van der Waals surface area contributed by atoms with Crippen LogP contribution in [0.5, 0.6) is 0 Å². The van der Waals surface area contributed by atoms with Crippen LogP contribution in [-0.2, 0) is 29.0 Å². The summed E-state index contributed by atoms with van der Waals surface area (Å²) in [6, 6.07) is 10.2.